The van der Waals surface area contributed by atoms with Crippen LogP contribution in [0.15, 0.2) is 41.2 Å². The molecule has 1 aromatic heterocycles. The fraction of sp³-hybridized carbons (Fsp3) is 0.450. The van der Waals surface area contributed by atoms with Crippen molar-refractivity contribution in [2.24, 2.45) is 0 Å². The van der Waals surface area contributed by atoms with Gasteiger partial charge in [-0.15, -0.1) is 0 Å². The van der Waals surface area contributed by atoms with Crippen molar-refractivity contribution < 1.29 is 9.21 Å². The summed E-state index contributed by atoms with van der Waals surface area (Å²) in [4.78, 5) is 16.9. The second-order valence-corrected chi connectivity index (χ2v) is 7.06. The summed E-state index contributed by atoms with van der Waals surface area (Å²) in [7, 11) is 0. The van der Waals surface area contributed by atoms with Crippen molar-refractivity contribution >= 4 is 11.6 Å². The normalized spacial score (nSPS) is 18.3. The number of hydrogen-bond donors (Lipinski definition) is 0. The lowest BCUT2D eigenvalue weighted by Gasteiger charge is -2.41. The lowest BCUT2D eigenvalue weighted by Crippen LogP contribution is -2.54. The van der Waals surface area contributed by atoms with E-state index < -0.39 is 0 Å². The quantitative estimate of drug-likeness (QED) is 0.853. The minimum Gasteiger partial charge on any atom is -0.472 e. The Morgan fingerprint density at radius 2 is 2.04 bits per heavy atom. The van der Waals surface area contributed by atoms with Gasteiger partial charge < -0.3 is 14.2 Å². The van der Waals surface area contributed by atoms with Crippen molar-refractivity contribution in [3.8, 4) is 0 Å². The van der Waals surface area contributed by atoms with Crippen molar-refractivity contribution in [2.75, 3.05) is 24.5 Å². The minimum absolute atomic E-state index is 0.0583. The predicted octanol–water partition coefficient (Wildman–Crippen LogP) is 4.06. The van der Waals surface area contributed by atoms with Gasteiger partial charge in [-0.05, 0) is 49.1 Å². The van der Waals surface area contributed by atoms with E-state index >= 15 is 0 Å². The van der Waals surface area contributed by atoms with Crippen molar-refractivity contribution in [3.05, 3.63) is 53.5 Å². The Morgan fingerprint density at radius 3 is 2.67 bits per heavy atom. The van der Waals surface area contributed by atoms with Crippen molar-refractivity contribution in [1.29, 1.82) is 0 Å². The van der Waals surface area contributed by atoms with Crippen LogP contribution in [0.4, 0.5) is 5.69 Å². The molecule has 2 aromatic rings. The van der Waals surface area contributed by atoms with Gasteiger partial charge >= 0.3 is 0 Å². The van der Waals surface area contributed by atoms with Gasteiger partial charge in [0.2, 0.25) is 0 Å². The third kappa shape index (κ3) is 3.32. The predicted molar refractivity (Wildman–Crippen MR) is 96.7 cm³/mol. The highest BCUT2D eigenvalue weighted by molar-refractivity contribution is 5.94. The molecule has 3 rings (SSSR count). The molecule has 4 heteroatoms. The number of furan rings is 1. The zero-order valence-electron chi connectivity index (χ0n) is 15.0. The lowest BCUT2D eigenvalue weighted by molar-refractivity contribution is 0.0673. The van der Waals surface area contributed by atoms with Crippen LogP contribution >= 0.6 is 0 Å². The van der Waals surface area contributed by atoms with Gasteiger partial charge in [0.25, 0.3) is 5.91 Å². The number of hydrogen-bond acceptors (Lipinski definition) is 3. The molecule has 0 N–H and O–H groups in total. The third-order valence-electron chi connectivity index (χ3n) is 4.77. The van der Waals surface area contributed by atoms with Crippen LogP contribution in [-0.4, -0.2) is 36.5 Å². The standard InChI is InChI=1S/C20H26N2O2/c1-14(2)18-9-15(3)10-19(11-18)21-6-7-22(16(4)12-21)20(23)17-5-8-24-13-17/h5,8-11,13-14,16H,6-7,12H2,1-4H3/t16-/m1/s1. The Morgan fingerprint density at radius 1 is 1.25 bits per heavy atom. The smallest absolute Gasteiger partial charge is 0.257 e. The summed E-state index contributed by atoms with van der Waals surface area (Å²) >= 11 is 0. The fourth-order valence-electron chi connectivity index (χ4n) is 3.35. The Labute approximate surface area is 144 Å². The molecule has 1 aliphatic heterocycles. The zero-order chi connectivity index (χ0) is 17.3. The number of amides is 1. The van der Waals surface area contributed by atoms with E-state index in [0.717, 1.165) is 19.6 Å². The van der Waals surface area contributed by atoms with Crippen LogP contribution in [-0.2, 0) is 0 Å². The number of nitrogens with zero attached hydrogens (tertiary/aromatic N) is 2. The highest BCUT2D eigenvalue weighted by Crippen LogP contribution is 2.26. The van der Waals surface area contributed by atoms with E-state index in [1.165, 1.54) is 23.1 Å². The molecule has 1 aliphatic rings. The highest BCUT2D eigenvalue weighted by Gasteiger charge is 2.28. The molecular formula is C20H26N2O2. The van der Waals surface area contributed by atoms with Gasteiger partial charge in [-0.25, -0.2) is 0 Å². The van der Waals surface area contributed by atoms with Gasteiger partial charge in [-0.2, -0.15) is 0 Å². The first kappa shape index (κ1) is 16.6. The van der Waals surface area contributed by atoms with Crippen LogP contribution in [0.5, 0.6) is 0 Å². The zero-order valence-corrected chi connectivity index (χ0v) is 15.0. The second-order valence-electron chi connectivity index (χ2n) is 7.06. The molecule has 0 radical (unpaired) electrons. The molecule has 0 aliphatic carbocycles. The number of anilines is 1. The molecule has 24 heavy (non-hydrogen) atoms. The molecule has 128 valence electrons. The van der Waals surface area contributed by atoms with Crippen LogP contribution in [0, 0.1) is 6.92 Å². The van der Waals surface area contributed by atoms with E-state index in [-0.39, 0.29) is 11.9 Å². The van der Waals surface area contributed by atoms with Crippen molar-refractivity contribution in [2.45, 2.75) is 39.7 Å². The molecule has 0 bridgehead atoms. The molecular weight excluding hydrogens is 300 g/mol. The third-order valence-corrected chi connectivity index (χ3v) is 4.77. The Balaban J connectivity index is 1.75. The largest absolute Gasteiger partial charge is 0.472 e. The Kier molecular flexibility index (Phi) is 4.65. The van der Waals surface area contributed by atoms with Crippen molar-refractivity contribution in [1.82, 2.24) is 4.90 Å². The van der Waals surface area contributed by atoms with Crippen LogP contribution in [0.3, 0.4) is 0 Å². The van der Waals surface area contributed by atoms with Gasteiger partial charge in [0, 0.05) is 31.4 Å². The summed E-state index contributed by atoms with van der Waals surface area (Å²) < 4.78 is 5.04. The molecule has 1 fully saturated rings. The van der Waals surface area contributed by atoms with E-state index in [9.17, 15) is 4.79 Å². The molecule has 1 saturated heterocycles. The van der Waals surface area contributed by atoms with Crippen LogP contribution in [0.25, 0.3) is 0 Å². The molecule has 4 nitrogen and oxygen atoms in total. The summed E-state index contributed by atoms with van der Waals surface area (Å²) in [6, 6.07) is 8.70. The average Bonchev–Trinajstić information content (AvgIpc) is 3.08. The maximum Gasteiger partial charge on any atom is 0.257 e. The van der Waals surface area contributed by atoms with Gasteiger partial charge in [0.15, 0.2) is 0 Å². The summed E-state index contributed by atoms with van der Waals surface area (Å²) in [5.41, 5.74) is 4.56. The molecule has 0 spiro atoms. The number of piperazine rings is 1. The van der Waals surface area contributed by atoms with Gasteiger partial charge in [0.05, 0.1) is 11.8 Å². The molecule has 1 aromatic carbocycles. The number of carbonyl (C=O) groups excluding carboxylic acids is 1. The highest BCUT2D eigenvalue weighted by atomic mass is 16.3. The summed E-state index contributed by atoms with van der Waals surface area (Å²) in [6.07, 6.45) is 3.07. The summed E-state index contributed by atoms with van der Waals surface area (Å²) in [6.45, 7) is 11.2. The van der Waals surface area contributed by atoms with E-state index in [0.29, 0.717) is 11.5 Å². The number of rotatable bonds is 3. The molecule has 0 unspecified atom stereocenters. The first-order valence-electron chi connectivity index (χ1n) is 8.65. The number of benzene rings is 1. The number of carbonyl (C=O) groups is 1. The van der Waals surface area contributed by atoms with Crippen LogP contribution in [0.2, 0.25) is 0 Å². The monoisotopic (exact) mass is 326 g/mol. The van der Waals surface area contributed by atoms with Gasteiger partial charge in [-0.1, -0.05) is 19.9 Å². The lowest BCUT2D eigenvalue weighted by atomic mass is 9.99. The van der Waals surface area contributed by atoms with Crippen LogP contribution in [0.1, 0.15) is 48.2 Å². The Bertz CT molecular complexity index is 706. The second kappa shape index (κ2) is 6.71. The molecule has 0 saturated carbocycles. The number of aryl methyl sites for hydroxylation is 1. The molecule has 1 amide bonds. The maximum atomic E-state index is 12.6. The topological polar surface area (TPSA) is 36.7 Å². The van der Waals surface area contributed by atoms with E-state index in [2.05, 4.69) is 50.8 Å². The van der Waals surface area contributed by atoms with Gasteiger partial charge in [-0.3, -0.25) is 4.79 Å². The van der Waals surface area contributed by atoms with Gasteiger partial charge in [0.1, 0.15) is 6.26 Å². The van der Waals surface area contributed by atoms with E-state index in [1.54, 1.807) is 12.3 Å². The van der Waals surface area contributed by atoms with Crippen molar-refractivity contribution in [3.63, 3.8) is 0 Å². The first-order valence-corrected chi connectivity index (χ1v) is 8.65. The van der Waals surface area contributed by atoms with E-state index in [1.807, 2.05) is 4.90 Å². The fourth-order valence-corrected chi connectivity index (χ4v) is 3.35. The molecule has 2 heterocycles. The van der Waals surface area contributed by atoms with Crippen LogP contribution < -0.4 is 4.90 Å². The maximum absolute atomic E-state index is 12.6. The SMILES string of the molecule is Cc1cc(C(C)C)cc(N2CCN(C(=O)c3ccoc3)[C@H](C)C2)c1. The Hall–Kier alpha value is -2.23. The average molecular weight is 326 g/mol. The summed E-state index contributed by atoms with van der Waals surface area (Å²) in [5, 5.41) is 0. The minimum atomic E-state index is 0.0583. The molecule has 1 atom stereocenters. The first-order chi connectivity index (χ1) is 11.5. The summed E-state index contributed by atoms with van der Waals surface area (Å²) in [5.74, 6) is 0.577. The van der Waals surface area contributed by atoms with E-state index in [4.69, 9.17) is 4.42 Å².